The summed E-state index contributed by atoms with van der Waals surface area (Å²) in [6.07, 6.45) is 0.982. The third-order valence-electron chi connectivity index (χ3n) is 3.38. The molecule has 2 aromatic carbocycles. The molecule has 0 saturated heterocycles. The number of benzene rings is 2. The summed E-state index contributed by atoms with van der Waals surface area (Å²) in [5.74, 6) is 1.88. The number of imidazole rings is 1. The fourth-order valence-electron chi connectivity index (χ4n) is 2.38. The Morgan fingerprint density at radius 2 is 1.89 bits per heavy atom. The largest absolute Gasteiger partial charge is 0.327 e. The minimum Gasteiger partial charge on any atom is -0.327 e. The van der Waals surface area contributed by atoms with E-state index in [1.165, 1.54) is 11.1 Å². The monoisotopic (exact) mass is 268 g/mol. The van der Waals surface area contributed by atoms with Gasteiger partial charge in [-0.1, -0.05) is 36.4 Å². The Labute approximate surface area is 118 Å². The number of aryl methyl sites for hydroxylation is 2. The van der Waals surface area contributed by atoms with E-state index in [2.05, 4.69) is 54.6 Å². The smallest absolute Gasteiger partial charge is 0.140 e. The lowest BCUT2D eigenvalue weighted by Crippen LogP contribution is -1.92. The lowest BCUT2D eigenvalue weighted by molar-refractivity contribution is 0.959. The van der Waals surface area contributed by atoms with Crippen LogP contribution in [0.4, 0.5) is 0 Å². The number of hydrogen-bond donors (Lipinski definition) is 1. The molecule has 3 heteroatoms. The molecule has 1 heterocycles. The van der Waals surface area contributed by atoms with Crippen molar-refractivity contribution in [3.05, 3.63) is 54.1 Å². The minimum absolute atomic E-state index is 0.865. The standard InChI is InChI=1S/C16H16N2S/c1-18-15-8-7-12(9-10-19)11-14(15)17-16(18)13-5-3-2-4-6-13/h2-8,11,19H,9-10H2,1H3. The van der Waals surface area contributed by atoms with Crippen LogP contribution in [0.25, 0.3) is 22.4 Å². The van der Waals surface area contributed by atoms with E-state index >= 15 is 0 Å². The van der Waals surface area contributed by atoms with Gasteiger partial charge in [-0.15, -0.1) is 0 Å². The van der Waals surface area contributed by atoms with Crippen LogP contribution in [-0.4, -0.2) is 15.3 Å². The van der Waals surface area contributed by atoms with Gasteiger partial charge >= 0.3 is 0 Å². The van der Waals surface area contributed by atoms with Crippen LogP contribution < -0.4 is 0 Å². The van der Waals surface area contributed by atoms with Crippen molar-refractivity contribution < 1.29 is 0 Å². The van der Waals surface area contributed by atoms with Gasteiger partial charge in [-0.3, -0.25) is 0 Å². The first-order valence-electron chi connectivity index (χ1n) is 6.41. The number of thiol groups is 1. The Morgan fingerprint density at radius 1 is 1.11 bits per heavy atom. The summed E-state index contributed by atoms with van der Waals surface area (Å²) < 4.78 is 2.15. The van der Waals surface area contributed by atoms with E-state index in [0.29, 0.717) is 0 Å². The van der Waals surface area contributed by atoms with Gasteiger partial charge in [0.15, 0.2) is 0 Å². The second-order valence-electron chi connectivity index (χ2n) is 4.66. The van der Waals surface area contributed by atoms with Gasteiger partial charge in [-0.05, 0) is 29.9 Å². The van der Waals surface area contributed by atoms with E-state index in [1.807, 2.05) is 18.2 Å². The third-order valence-corrected chi connectivity index (χ3v) is 3.60. The molecule has 0 aliphatic heterocycles. The SMILES string of the molecule is Cn1c(-c2ccccc2)nc2cc(CCS)ccc21. The Hall–Kier alpha value is -1.74. The van der Waals surface area contributed by atoms with E-state index in [4.69, 9.17) is 4.98 Å². The lowest BCUT2D eigenvalue weighted by atomic mass is 10.1. The van der Waals surface area contributed by atoms with Crippen molar-refractivity contribution >= 4 is 23.7 Å². The zero-order valence-electron chi connectivity index (χ0n) is 10.9. The van der Waals surface area contributed by atoms with Crippen molar-refractivity contribution in [3.8, 4) is 11.4 Å². The quantitative estimate of drug-likeness (QED) is 0.717. The number of fused-ring (bicyclic) bond motifs is 1. The Balaban J connectivity index is 2.14. The highest BCUT2D eigenvalue weighted by molar-refractivity contribution is 7.80. The van der Waals surface area contributed by atoms with Crippen LogP contribution >= 0.6 is 12.6 Å². The third kappa shape index (κ3) is 2.26. The molecule has 0 spiro atoms. The summed E-state index contributed by atoms with van der Waals surface area (Å²) in [4.78, 5) is 4.76. The van der Waals surface area contributed by atoms with Crippen molar-refractivity contribution in [2.75, 3.05) is 5.75 Å². The van der Waals surface area contributed by atoms with Crippen molar-refractivity contribution in [2.24, 2.45) is 7.05 Å². The molecule has 0 aliphatic rings. The number of hydrogen-bond acceptors (Lipinski definition) is 2. The Morgan fingerprint density at radius 3 is 2.63 bits per heavy atom. The molecule has 3 rings (SSSR count). The second-order valence-corrected chi connectivity index (χ2v) is 5.10. The van der Waals surface area contributed by atoms with Gasteiger partial charge in [0.05, 0.1) is 11.0 Å². The van der Waals surface area contributed by atoms with E-state index in [1.54, 1.807) is 0 Å². The highest BCUT2D eigenvalue weighted by atomic mass is 32.1. The molecule has 0 atom stereocenters. The number of rotatable bonds is 3. The number of aromatic nitrogens is 2. The first-order chi connectivity index (χ1) is 9.29. The first kappa shape index (κ1) is 12.3. The van der Waals surface area contributed by atoms with Gasteiger partial charge < -0.3 is 4.57 Å². The number of nitrogens with zero attached hydrogens (tertiary/aromatic N) is 2. The molecule has 0 aliphatic carbocycles. The first-order valence-corrected chi connectivity index (χ1v) is 7.04. The van der Waals surface area contributed by atoms with Crippen LogP contribution in [-0.2, 0) is 13.5 Å². The molecular weight excluding hydrogens is 252 g/mol. The maximum atomic E-state index is 4.76. The molecule has 0 radical (unpaired) electrons. The van der Waals surface area contributed by atoms with Gasteiger partial charge in [-0.25, -0.2) is 4.98 Å². The van der Waals surface area contributed by atoms with Gasteiger partial charge in [-0.2, -0.15) is 12.6 Å². The van der Waals surface area contributed by atoms with Crippen LogP contribution in [0.3, 0.4) is 0 Å². The lowest BCUT2D eigenvalue weighted by Gasteiger charge is -2.02. The summed E-state index contributed by atoms with van der Waals surface area (Å²) in [5.41, 5.74) is 4.67. The van der Waals surface area contributed by atoms with Crippen molar-refractivity contribution in [2.45, 2.75) is 6.42 Å². The van der Waals surface area contributed by atoms with Crippen molar-refractivity contribution in [1.29, 1.82) is 0 Å². The minimum atomic E-state index is 0.865. The fraction of sp³-hybridized carbons (Fsp3) is 0.188. The molecule has 19 heavy (non-hydrogen) atoms. The van der Waals surface area contributed by atoms with Crippen LogP contribution in [0.2, 0.25) is 0 Å². The maximum absolute atomic E-state index is 4.76. The molecule has 96 valence electrons. The summed E-state index contributed by atoms with van der Waals surface area (Å²) in [6, 6.07) is 16.8. The van der Waals surface area contributed by atoms with E-state index in [9.17, 15) is 0 Å². The van der Waals surface area contributed by atoms with E-state index in [-0.39, 0.29) is 0 Å². The summed E-state index contributed by atoms with van der Waals surface area (Å²) in [5, 5.41) is 0. The maximum Gasteiger partial charge on any atom is 0.140 e. The van der Waals surface area contributed by atoms with Crippen LogP contribution in [0.5, 0.6) is 0 Å². The molecule has 0 N–H and O–H groups in total. The molecule has 2 nitrogen and oxygen atoms in total. The predicted molar refractivity (Wildman–Crippen MR) is 83.7 cm³/mol. The molecule has 1 aromatic heterocycles. The van der Waals surface area contributed by atoms with Crippen molar-refractivity contribution in [3.63, 3.8) is 0 Å². The zero-order chi connectivity index (χ0) is 13.2. The summed E-state index contributed by atoms with van der Waals surface area (Å²) in [7, 11) is 2.07. The topological polar surface area (TPSA) is 17.8 Å². The Bertz CT molecular complexity index is 701. The molecule has 3 aromatic rings. The van der Waals surface area contributed by atoms with Crippen LogP contribution in [0.15, 0.2) is 48.5 Å². The van der Waals surface area contributed by atoms with Crippen LogP contribution in [0.1, 0.15) is 5.56 Å². The van der Waals surface area contributed by atoms with Crippen molar-refractivity contribution in [1.82, 2.24) is 9.55 Å². The Kier molecular flexibility index (Phi) is 3.30. The normalized spacial score (nSPS) is 11.1. The second kappa shape index (κ2) is 5.10. The van der Waals surface area contributed by atoms with Gasteiger partial charge in [0.2, 0.25) is 0 Å². The van der Waals surface area contributed by atoms with Gasteiger partial charge in [0.25, 0.3) is 0 Å². The molecule has 0 amide bonds. The molecular formula is C16H16N2S. The summed E-state index contributed by atoms with van der Waals surface area (Å²) in [6.45, 7) is 0. The average molecular weight is 268 g/mol. The van der Waals surface area contributed by atoms with Gasteiger partial charge in [0, 0.05) is 12.6 Å². The van der Waals surface area contributed by atoms with Crippen LogP contribution in [0, 0.1) is 0 Å². The average Bonchev–Trinajstić information content (AvgIpc) is 2.77. The molecule has 0 fully saturated rings. The molecule has 0 unspecified atom stereocenters. The zero-order valence-corrected chi connectivity index (χ0v) is 11.8. The molecule has 0 bridgehead atoms. The highest BCUT2D eigenvalue weighted by Gasteiger charge is 2.09. The fourth-order valence-corrected chi connectivity index (χ4v) is 2.63. The van der Waals surface area contributed by atoms with Gasteiger partial charge in [0.1, 0.15) is 5.82 Å². The summed E-state index contributed by atoms with van der Waals surface area (Å²) >= 11 is 4.28. The molecule has 0 saturated carbocycles. The van der Waals surface area contributed by atoms with E-state index < -0.39 is 0 Å². The predicted octanol–water partition coefficient (Wildman–Crippen LogP) is 3.71. The van der Waals surface area contributed by atoms with E-state index in [0.717, 1.165) is 29.1 Å². The highest BCUT2D eigenvalue weighted by Crippen LogP contribution is 2.24.